The van der Waals surface area contributed by atoms with Crippen molar-refractivity contribution in [3.8, 4) is 0 Å². The highest BCUT2D eigenvalue weighted by atomic mass is 16.1. The molecule has 0 unspecified atom stereocenters. The van der Waals surface area contributed by atoms with Gasteiger partial charge in [0, 0.05) is 0 Å². The maximum Gasteiger partial charge on any atom is 0.240 e. The first kappa shape index (κ1) is 21.0. The topological polar surface area (TPSA) is 141 Å². The van der Waals surface area contributed by atoms with Gasteiger partial charge in [0.25, 0.3) is 0 Å². The highest BCUT2D eigenvalue weighted by Gasteiger charge is 2.02. The first-order valence-corrected chi connectivity index (χ1v) is 6.57. The summed E-state index contributed by atoms with van der Waals surface area (Å²) in [5.74, 6) is 0. The van der Waals surface area contributed by atoms with Crippen LogP contribution in [0.1, 0.15) is 11.1 Å². The van der Waals surface area contributed by atoms with Crippen molar-refractivity contribution in [1.29, 1.82) is 10.8 Å². The Balaban J connectivity index is 0.000000844. The van der Waals surface area contributed by atoms with E-state index in [4.69, 9.17) is 20.4 Å². The summed E-state index contributed by atoms with van der Waals surface area (Å²) in [6.45, 7) is 0. The summed E-state index contributed by atoms with van der Waals surface area (Å²) in [6, 6.07) is 14.6. The molecule has 8 nitrogen and oxygen atoms in total. The number of rotatable bonds is 4. The van der Waals surface area contributed by atoms with E-state index < -0.39 is 0 Å². The first-order valence-electron chi connectivity index (χ1n) is 6.57. The second-order valence-corrected chi connectivity index (χ2v) is 4.08. The van der Waals surface area contributed by atoms with Crippen LogP contribution in [0.5, 0.6) is 0 Å². The van der Waals surface area contributed by atoms with E-state index in [0.29, 0.717) is 17.8 Å². The third-order valence-corrected chi connectivity index (χ3v) is 2.66. The molecule has 0 atom stereocenters. The van der Waals surface area contributed by atoms with Gasteiger partial charge >= 0.3 is 0 Å². The number of benzene rings is 2. The largest absolute Gasteiger partial charge is 0.240 e. The summed E-state index contributed by atoms with van der Waals surface area (Å²) < 4.78 is 0. The van der Waals surface area contributed by atoms with Gasteiger partial charge in [-0.05, 0) is 35.7 Å². The van der Waals surface area contributed by atoms with Crippen molar-refractivity contribution < 1.29 is 19.2 Å². The van der Waals surface area contributed by atoms with Crippen LogP contribution in [-0.2, 0) is 25.6 Å². The summed E-state index contributed by atoms with van der Waals surface area (Å²) >= 11 is 0. The van der Waals surface area contributed by atoms with Gasteiger partial charge in [0.15, 0.2) is 0 Å². The minimum Gasteiger partial charge on any atom is -0.222 e. The SMILES string of the molecule is N=C=O.N=C=O.O=C=Nc1ccc(Cc2ccccc2N=C=O)cc1. The Bertz CT molecular complexity index is 825. The zero-order chi connectivity index (χ0) is 18.9. The maximum absolute atomic E-state index is 10.4. The Morgan fingerprint density at radius 2 is 1.28 bits per heavy atom. The quantitative estimate of drug-likeness (QED) is 0.653. The lowest BCUT2D eigenvalue weighted by atomic mass is 10.0. The summed E-state index contributed by atoms with van der Waals surface area (Å²) in [5, 5.41) is 10.8. The number of aliphatic imine (C=N–C) groups is 2. The fraction of sp³-hybridized carbons (Fsp3) is 0.0588. The smallest absolute Gasteiger partial charge is 0.222 e. The van der Waals surface area contributed by atoms with E-state index in [-0.39, 0.29) is 0 Å². The summed E-state index contributed by atoms with van der Waals surface area (Å²) in [5.41, 5.74) is 3.17. The number of carbonyl (C=O) groups excluding carboxylic acids is 4. The molecular weight excluding hydrogens is 324 g/mol. The van der Waals surface area contributed by atoms with Crippen molar-refractivity contribution in [1.82, 2.24) is 0 Å². The molecule has 25 heavy (non-hydrogen) atoms. The fourth-order valence-corrected chi connectivity index (χ4v) is 1.78. The molecule has 0 aliphatic rings. The van der Waals surface area contributed by atoms with Crippen molar-refractivity contribution in [2.24, 2.45) is 9.98 Å². The van der Waals surface area contributed by atoms with E-state index >= 15 is 0 Å². The van der Waals surface area contributed by atoms with Crippen molar-refractivity contribution in [2.75, 3.05) is 0 Å². The van der Waals surface area contributed by atoms with Gasteiger partial charge < -0.3 is 0 Å². The van der Waals surface area contributed by atoms with E-state index in [2.05, 4.69) is 9.98 Å². The zero-order valence-electron chi connectivity index (χ0n) is 12.9. The molecule has 0 saturated carbocycles. The molecule has 0 heterocycles. The van der Waals surface area contributed by atoms with Crippen LogP contribution in [0.3, 0.4) is 0 Å². The van der Waals surface area contributed by atoms with Gasteiger partial charge in [0.2, 0.25) is 24.3 Å². The Morgan fingerprint density at radius 3 is 1.80 bits per heavy atom. The first-order chi connectivity index (χ1) is 12.2. The number of hydrogen-bond acceptors (Lipinski definition) is 8. The molecule has 2 aromatic carbocycles. The molecule has 0 amide bonds. The standard InChI is InChI=1S/C15H10N2O2.2CHNO/c18-10-16-14-7-5-12(6-8-14)9-13-3-1-2-4-15(13)17-11-19;2*2-1-3/h1-8H,9H2;2*2H. The lowest BCUT2D eigenvalue weighted by Crippen LogP contribution is -1.88. The highest BCUT2D eigenvalue weighted by molar-refractivity contribution is 5.55. The number of isocyanates is 4. The molecule has 0 aliphatic heterocycles. The summed E-state index contributed by atoms with van der Waals surface area (Å²) in [4.78, 5) is 44.4. The second-order valence-electron chi connectivity index (χ2n) is 4.08. The maximum atomic E-state index is 10.4. The normalized spacial score (nSPS) is 7.68. The van der Waals surface area contributed by atoms with Crippen LogP contribution in [0, 0.1) is 10.8 Å². The molecule has 0 aromatic heterocycles. The van der Waals surface area contributed by atoms with Gasteiger partial charge in [-0.15, -0.1) is 0 Å². The Kier molecular flexibility index (Phi) is 11.4. The van der Waals surface area contributed by atoms with Crippen LogP contribution in [0.2, 0.25) is 0 Å². The molecule has 0 bridgehead atoms. The van der Waals surface area contributed by atoms with Gasteiger partial charge in [0.1, 0.15) is 0 Å². The predicted molar refractivity (Wildman–Crippen MR) is 88.1 cm³/mol. The molecule has 0 spiro atoms. The molecule has 0 radical (unpaired) electrons. The van der Waals surface area contributed by atoms with Crippen molar-refractivity contribution >= 4 is 35.7 Å². The molecule has 0 aliphatic carbocycles. The monoisotopic (exact) mass is 336 g/mol. The van der Waals surface area contributed by atoms with Crippen LogP contribution < -0.4 is 0 Å². The number of hydrogen-bond donors (Lipinski definition) is 2. The van der Waals surface area contributed by atoms with Crippen molar-refractivity contribution in [3.05, 3.63) is 59.7 Å². The molecule has 2 aromatic rings. The minimum absolute atomic E-state index is 0.568. The summed E-state index contributed by atoms with van der Waals surface area (Å²) in [7, 11) is 0. The Hall–Kier alpha value is -4.04. The lowest BCUT2D eigenvalue weighted by molar-refractivity contribution is 0.562. The van der Waals surface area contributed by atoms with Gasteiger partial charge in [-0.25, -0.2) is 30.0 Å². The molecule has 124 valence electrons. The average Bonchev–Trinajstić information content (AvgIpc) is 2.60. The third kappa shape index (κ3) is 8.86. The van der Waals surface area contributed by atoms with Crippen molar-refractivity contribution in [2.45, 2.75) is 6.42 Å². The lowest BCUT2D eigenvalue weighted by Gasteiger charge is -2.04. The molecule has 0 saturated heterocycles. The van der Waals surface area contributed by atoms with Crippen molar-refractivity contribution in [3.63, 3.8) is 0 Å². The molecule has 8 heteroatoms. The number of para-hydroxylation sites is 1. The van der Waals surface area contributed by atoms with Crippen LogP contribution >= 0.6 is 0 Å². The van der Waals surface area contributed by atoms with Crippen LogP contribution in [0.4, 0.5) is 11.4 Å². The van der Waals surface area contributed by atoms with E-state index in [0.717, 1.165) is 23.3 Å². The second kappa shape index (κ2) is 13.6. The van der Waals surface area contributed by atoms with Gasteiger partial charge in [-0.2, -0.15) is 9.98 Å². The van der Waals surface area contributed by atoms with Gasteiger partial charge in [-0.1, -0.05) is 30.3 Å². The highest BCUT2D eigenvalue weighted by Crippen LogP contribution is 2.22. The van der Waals surface area contributed by atoms with E-state index in [1.807, 2.05) is 30.3 Å². The van der Waals surface area contributed by atoms with E-state index in [1.165, 1.54) is 6.08 Å². The summed E-state index contributed by atoms with van der Waals surface area (Å²) in [6.07, 6.45) is 5.19. The van der Waals surface area contributed by atoms with E-state index in [9.17, 15) is 9.59 Å². The van der Waals surface area contributed by atoms with Crippen LogP contribution in [0.25, 0.3) is 0 Å². The van der Waals surface area contributed by atoms with Crippen LogP contribution in [-0.4, -0.2) is 24.3 Å². The number of nitrogens with one attached hydrogen (secondary N) is 2. The third-order valence-electron chi connectivity index (χ3n) is 2.66. The molecule has 0 fully saturated rings. The predicted octanol–water partition coefficient (Wildman–Crippen LogP) is 3.01. The van der Waals surface area contributed by atoms with E-state index in [1.54, 1.807) is 24.3 Å². The molecule has 2 N–H and O–H groups in total. The fourth-order valence-electron chi connectivity index (χ4n) is 1.78. The minimum atomic E-state index is 0.568. The number of nitrogens with zero attached hydrogens (tertiary/aromatic N) is 2. The zero-order valence-corrected chi connectivity index (χ0v) is 12.9. The Labute approximate surface area is 142 Å². The van der Waals surface area contributed by atoms with Gasteiger partial charge in [0.05, 0.1) is 11.4 Å². The van der Waals surface area contributed by atoms with Gasteiger partial charge in [-0.3, -0.25) is 0 Å². The molecular formula is C17H12N4O4. The van der Waals surface area contributed by atoms with Crippen LogP contribution in [0.15, 0.2) is 58.5 Å². The average molecular weight is 336 g/mol. The Morgan fingerprint density at radius 1 is 0.760 bits per heavy atom. The molecule has 2 rings (SSSR count).